The van der Waals surface area contributed by atoms with E-state index in [1.54, 1.807) is 6.20 Å². The Morgan fingerprint density at radius 2 is 2.32 bits per heavy atom. The van der Waals surface area contributed by atoms with E-state index in [0.29, 0.717) is 0 Å². The van der Waals surface area contributed by atoms with Crippen molar-refractivity contribution < 1.29 is 4.74 Å². The molecule has 5 nitrogen and oxygen atoms in total. The SMILES string of the molecule is CCCOc1cccc(CNCCn2ccnn2)c1. The molecule has 0 amide bonds. The molecule has 1 N–H and O–H groups in total. The molecular formula is C14H20N4O. The zero-order valence-corrected chi connectivity index (χ0v) is 11.2. The monoisotopic (exact) mass is 260 g/mol. The minimum Gasteiger partial charge on any atom is -0.494 e. The Morgan fingerprint density at radius 3 is 3.11 bits per heavy atom. The molecule has 2 rings (SSSR count). The molecule has 5 heteroatoms. The number of nitrogens with zero attached hydrogens (tertiary/aromatic N) is 3. The number of ether oxygens (including phenoxy) is 1. The van der Waals surface area contributed by atoms with Crippen LogP contribution in [-0.4, -0.2) is 28.1 Å². The summed E-state index contributed by atoms with van der Waals surface area (Å²) in [6, 6.07) is 8.20. The fourth-order valence-corrected chi connectivity index (χ4v) is 1.74. The third-order valence-electron chi connectivity index (χ3n) is 2.69. The van der Waals surface area contributed by atoms with Crippen molar-refractivity contribution in [3.63, 3.8) is 0 Å². The number of rotatable bonds is 8. The Bertz CT molecular complexity index is 470. The first-order valence-electron chi connectivity index (χ1n) is 6.65. The van der Waals surface area contributed by atoms with Crippen molar-refractivity contribution in [1.29, 1.82) is 0 Å². The molecule has 19 heavy (non-hydrogen) atoms. The molecule has 0 unspecified atom stereocenters. The highest BCUT2D eigenvalue weighted by Gasteiger charge is 1.97. The topological polar surface area (TPSA) is 52.0 Å². The van der Waals surface area contributed by atoms with Crippen LogP contribution in [0.4, 0.5) is 0 Å². The number of hydrogen-bond acceptors (Lipinski definition) is 4. The van der Waals surface area contributed by atoms with Gasteiger partial charge >= 0.3 is 0 Å². The number of nitrogens with one attached hydrogen (secondary N) is 1. The summed E-state index contributed by atoms with van der Waals surface area (Å²) in [5.41, 5.74) is 1.23. The first-order chi connectivity index (χ1) is 9.38. The molecule has 0 aliphatic heterocycles. The Balaban J connectivity index is 1.73. The Kier molecular flexibility index (Phi) is 5.37. The maximum atomic E-state index is 5.61. The fraction of sp³-hybridized carbons (Fsp3) is 0.429. The van der Waals surface area contributed by atoms with Crippen LogP contribution in [0.3, 0.4) is 0 Å². The molecule has 0 bridgehead atoms. The van der Waals surface area contributed by atoms with Crippen LogP contribution in [0, 0.1) is 0 Å². The van der Waals surface area contributed by atoms with Crippen molar-refractivity contribution in [2.75, 3.05) is 13.2 Å². The van der Waals surface area contributed by atoms with E-state index in [9.17, 15) is 0 Å². The Labute approximate surface area is 113 Å². The van der Waals surface area contributed by atoms with Gasteiger partial charge in [0.2, 0.25) is 0 Å². The normalized spacial score (nSPS) is 10.6. The van der Waals surface area contributed by atoms with E-state index < -0.39 is 0 Å². The van der Waals surface area contributed by atoms with Gasteiger partial charge in [0.05, 0.1) is 19.3 Å². The van der Waals surface area contributed by atoms with E-state index in [2.05, 4.69) is 34.7 Å². The summed E-state index contributed by atoms with van der Waals surface area (Å²) < 4.78 is 7.42. The summed E-state index contributed by atoms with van der Waals surface area (Å²) in [5.74, 6) is 0.942. The first-order valence-corrected chi connectivity index (χ1v) is 6.65. The van der Waals surface area contributed by atoms with Crippen LogP contribution in [-0.2, 0) is 13.1 Å². The average molecular weight is 260 g/mol. The van der Waals surface area contributed by atoms with Crippen LogP contribution in [0.5, 0.6) is 5.75 Å². The number of aromatic nitrogens is 3. The standard InChI is InChI=1S/C14H20N4O/c1-2-10-19-14-5-3-4-13(11-14)12-15-6-8-18-9-7-16-17-18/h3-5,7,9,11,15H,2,6,8,10,12H2,1H3. The van der Waals surface area contributed by atoms with Crippen LogP contribution in [0.15, 0.2) is 36.7 Å². The van der Waals surface area contributed by atoms with E-state index in [4.69, 9.17) is 4.74 Å². The summed E-state index contributed by atoms with van der Waals surface area (Å²) in [7, 11) is 0. The zero-order chi connectivity index (χ0) is 13.3. The molecule has 1 aromatic heterocycles. The fourth-order valence-electron chi connectivity index (χ4n) is 1.74. The first kappa shape index (κ1) is 13.5. The molecule has 1 heterocycles. The summed E-state index contributed by atoms with van der Waals surface area (Å²) in [5, 5.41) is 11.1. The van der Waals surface area contributed by atoms with Gasteiger partial charge in [-0.3, -0.25) is 4.68 Å². The van der Waals surface area contributed by atoms with Crippen LogP contribution in [0.25, 0.3) is 0 Å². The van der Waals surface area contributed by atoms with E-state index in [0.717, 1.165) is 38.4 Å². The van der Waals surface area contributed by atoms with Crippen molar-refractivity contribution in [2.24, 2.45) is 0 Å². The van der Waals surface area contributed by atoms with Crippen molar-refractivity contribution >= 4 is 0 Å². The molecule has 0 saturated heterocycles. The minimum absolute atomic E-state index is 0.767. The van der Waals surface area contributed by atoms with Gasteiger partial charge in [-0.2, -0.15) is 0 Å². The highest BCUT2D eigenvalue weighted by molar-refractivity contribution is 5.28. The summed E-state index contributed by atoms with van der Waals surface area (Å²) in [6.45, 7) is 5.40. The predicted molar refractivity (Wildman–Crippen MR) is 74.0 cm³/mol. The van der Waals surface area contributed by atoms with Crippen molar-refractivity contribution in [2.45, 2.75) is 26.4 Å². The molecule has 0 aliphatic carbocycles. The molecule has 1 aromatic carbocycles. The van der Waals surface area contributed by atoms with E-state index in [1.165, 1.54) is 5.56 Å². The quantitative estimate of drug-likeness (QED) is 0.736. The Morgan fingerprint density at radius 1 is 1.37 bits per heavy atom. The lowest BCUT2D eigenvalue weighted by Gasteiger charge is -2.08. The summed E-state index contributed by atoms with van der Waals surface area (Å²) in [6.07, 6.45) is 4.58. The van der Waals surface area contributed by atoms with Gasteiger partial charge in [-0.05, 0) is 24.1 Å². The van der Waals surface area contributed by atoms with Gasteiger partial charge in [0.15, 0.2) is 0 Å². The van der Waals surface area contributed by atoms with E-state index in [-0.39, 0.29) is 0 Å². The highest BCUT2D eigenvalue weighted by Crippen LogP contribution is 2.13. The number of benzene rings is 1. The third-order valence-corrected chi connectivity index (χ3v) is 2.69. The molecule has 0 radical (unpaired) electrons. The predicted octanol–water partition coefficient (Wildman–Crippen LogP) is 1.86. The molecule has 2 aromatic rings. The van der Waals surface area contributed by atoms with Crippen LogP contribution < -0.4 is 10.1 Å². The van der Waals surface area contributed by atoms with Gasteiger partial charge in [0, 0.05) is 19.3 Å². The maximum absolute atomic E-state index is 5.61. The lowest BCUT2D eigenvalue weighted by atomic mass is 10.2. The smallest absolute Gasteiger partial charge is 0.119 e. The van der Waals surface area contributed by atoms with Crippen molar-refractivity contribution in [1.82, 2.24) is 20.3 Å². The largest absolute Gasteiger partial charge is 0.494 e. The lowest BCUT2D eigenvalue weighted by molar-refractivity contribution is 0.317. The molecule has 102 valence electrons. The lowest BCUT2D eigenvalue weighted by Crippen LogP contribution is -2.19. The highest BCUT2D eigenvalue weighted by atomic mass is 16.5. The van der Waals surface area contributed by atoms with Crippen molar-refractivity contribution in [3.8, 4) is 5.75 Å². The molecule has 0 spiro atoms. The summed E-state index contributed by atoms with van der Waals surface area (Å²) in [4.78, 5) is 0. The Hall–Kier alpha value is -1.88. The van der Waals surface area contributed by atoms with Crippen LogP contribution >= 0.6 is 0 Å². The number of hydrogen-bond donors (Lipinski definition) is 1. The van der Waals surface area contributed by atoms with Crippen molar-refractivity contribution in [3.05, 3.63) is 42.2 Å². The third kappa shape index (κ3) is 4.71. The maximum Gasteiger partial charge on any atom is 0.119 e. The van der Waals surface area contributed by atoms with Gasteiger partial charge < -0.3 is 10.1 Å². The van der Waals surface area contributed by atoms with Crippen LogP contribution in [0.1, 0.15) is 18.9 Å². The molecule has 0 aliphatic rings. The van der Waals surface area contributed by atoms with Gasteiger partial charge in [0.25, 0.3) is 0 Å². The molecular weight excluding hydrogens is 240 g/mol. The van der Waals surface area contributed by atoms with Crippen LogP contribution in [0.2, 0.25) is 0 Å². The second-order valence-electron chi connectivity index (χ2n) is 4.34. The van der Waals surface area contributed by atoms with E-state index in [1.807, 2.05) is 23.0 Å². The minimum atomic E-state index is 0.767. The molecule has 0 fully saturated rings. The van der Waals surface area contributed by atoms with Gasteiger partial charge in [-0.25, -0.2) is 0 Å². The van der Waals surface area contributed by atoms with Gasteiger partial charge in [0.1, 0.15) is 5.75 Å². The average Bonchev–Trinajstić information content (AvgIpc) is 2.95. The second-order valence-corrected chi connectivity index (χ2v) is 4.34. The molecule has 0 atom stereocenters. The molecule has 0 saturated carbocycles. The van der Waals surface area contributed by atoms with Gasteiger partial charge in [-0.1, -0.05) is 24.3 Å². The van der Waals surface area contributed by atoms with Gasteiger partial charge in [-0.15, -0.1) is 5.10 Å². The second kappa shape index (κ2) is 7.53. The summed E-state index contributed by atoms with van der Waals surface area (Å²) >= 11 is 0. The zero-order valence-electron chi connectivity index (χ0n) is 11.2. The van der Waals surface area contributed by atoms with E-state index >= 15 is 0 Å².